The molecule has 0 radical (unpaired) electrons. The predicted molar refractivity (Wildman–Crippen MR) is 88.0 cm³/mol. The fourth-order valence-corrected chi connectivity index (χ4v) is 3.06. The fraction of sp³-hybridized carbons (Fsp3) is 0.111. The maximum atomic E-state index is 12.9. The van der Waals surface area contributed by atoms with E-state index in [1.807, 2.05) is 31.2 Å². The second-order valence-electron chi connectivity index (χ2n) is 5.63. The molecule has 0 saturated carbocycles. The average Bonchev–Trinajstić information content (AvgIpc) is 2.86. The van der Waals surface area contributed by atoms with Gasteiger partial charge in [0.1, 0.15) is 5.58 Å². The molecule has 4 rings (SSSR count). The topological polar surface area (TPSA) is 59.3 Å². The number of amides is 1. The quantitative estimate of drug-likeness (QED) is 0.744. The van der Waals surface area contributed by atoms with Crippen LogP contribution in [0.25, 0.3) is 11.0 Å². The summed E-state index contributed by atoms with van der Waals surface area (Å²) in [4.78, 5) is 25.1. The zero-order valence-electron chi connectivity index (χ0n) is 12.2. The highest BCUT2D eigenvalue weighted by Gasteiger charge is 2.35. The molecule has 23 heavy (non-hydrogen) atoms. The average molecular weight is 326 g/mol. The summed E-state index contributed by atoms with van der Waals surface area (Å²) in [7, 11) is 0. The van der Waals surface area contributed by atoms with Gasteiger partial charge >= 0.3 is 0 Å². The second-order valence-corrected chi connectivity index (χ2v) is 6.07. The van der Waals surface area contributed by atoms with E-state index in [1.165, 1.54) is 0 Å². The minimum Gasteiger partial charge on any atom is -0.450 e. The molecule has 1 aliphatic heterocycles. The highest BCUT2D eigenvalue weighted by Crippen LogP contribution is 2.31. The van der Waals surface area contributed by atoms with E-state index in [0.717, 1.165) is 11.1 Å². The first-order chi connectivity index (χ1) is 11.0. The molecule has 5 heteroatoms. The molecular formula is C18H12ClNO3. The van der Waals surface area contributed by atoms with E-state index in [4.69, 9.17) is 16.0 Å². The van der Waals surface area contributed by atoms with E-state index in [0.29, 0.717) is 21.6 Å². The summed E-state index contributed by atoms with van der Waals surface area (Å²) < 4.78 is 5.66. The Morgan fingerprint density at radius 3 is 2.57 bits per heavy atom. The van der Waals surface area contributed by atoms with Crippen molar-refractivity contribution < 1.29 is 9.21 Å². The minimum absolute atomic E-state index is 0.0791. The van der Waals surface area contributed by atoms with Gasteiger partial charge in [-0.3, -0.25) is 9.59 Å². The monoisotopic (exact) mass is 325 g/mol. The van der Waals surface area contributed by atoms with Crippen LogP contribution >= 0.6 is 11.6 Å². The third-order valence-corrected chi connectivity index (χ3v) is 4.30. The van der Waals surface area contributed by atoms with Crippen LogP contribution in [0.3, 0.4) is 0 Å². The second kappa shape index (κ2) is 4.96. The number of rotatable bonds is 1. The molecule has 1 amide bonds. The number of benzene rings is 2. The molecule has 0 fully saturated rings. The van der Waals surface area contributed by atoms with Crippen molar-refractivity contribution in [2.24, 2.45) is 0 Å². The summed E-state index contributed by atoms with van der Waals surface area (Å²) in [5.41, 5.74) is 2.42. The van der Waals surface area contributed by atoms with Gasteiger partial charge in [0, 0.05) is 5.02 Å². The number of hydrogen-bond donors (Lipinski definition) is 1. The Morgan fingerprint density at radius 2 is 1.83 bits per heavy atom. The maximum absolute atomic E-state index is 12.9. The molecule has 0 aliphatic carbocycles. The summed E-state index contributed by atoms with van der Waals surface area (Å²) in [6.07, 6.45) is 0. The van der Waals surface area contributed by atoms with Crippen LogP contribution in [0.15, 0.2) is 51.7 Å². The Kier molecular flexibility index (Phi) is 3.03. The Hall–Kier alpha value is -2.59. The van der Waals surface area contributed by atoms with Gasteiger partial charge in [-0.25, -0.2) is 0 Å². The lowest BCUT2D eigenvalue weighted by atomic mass is 9.98. The SMILES string of the molecule is Cc1ccc(C2NC(=O)c3oc4ccc(Cl)cc4c(=O)c32)cc1. The lowest BCUT2D eigenvalue weighted by molar-refractivity contribution is 0.0938. The molecule has 4 nitrogen and oxygen atoms in total. The van der Waals surface area contributed by atoms with Gasteiger partial charge in [0.15, 0.2) is 5.43 Å². The largest absolute Gasteiger partial charge is 0.450 e. The minimum atomic E-state index is -0.502. The summed E-state index contributed by atoms with van der Waals surface area (Å²) in [6.45, 7) is 1.98. The summed E-state index contributed by atoms with van der Waals surface area (Å²) in [5.74, 6) is -0.296. The zero-order valence-corrected chi connectivity index (χ0v) is 13.0. The van der Waals surface area contributed by atoms with Crippen molar-refractivity contribution in [1.29, 1.82) is 0 Å². The summed E-state index contributed by atoms with van der Waals surface area (Å²) in [5, 5.41) is 3.65. The van der Waals surface area contributed by atoms with Gasteiger partial charge in [0.25, 0.3) is 5.91 Å². The third kappa shape index (κ3) is 2.14. The smallest absolute Gasteiger partial charge is 0.288 e. The normalized spacial score (nSPS) is 16.4. The van der Waals surface area contributed by atoms with Crippen molar-refractivity contribution in [3.63, 3.8) is 0 Å². The number of carbonyl (C=O) groups excluding carboxylic acids is 1. The number of halogens is 1. The van der Waals surface area contributed by atoms with Crippen LogP contribution in [0, 0.1) is 6.92 Å². The third-order valence-electron chi connectivity index (χ3n) is 4.07. The van der Waals surface area contributed by atoms with Gasteiger partial charge in [-0.1, -0.05) is 41.4 Å². The lowest BCUT2D eigenvalue weighted by Crippen LogP contribution is -2.21. The molecule has 1 N–H and O–H groups in total. The first-order valence-electron chi connectivity index (χ1n) is 7.18. The fourth-order valence-electron chi connectivity index (χ4n) is 2.89. The molecule has 1 aliphatic rings. The zero-order chi connectivity index (χ0) is 16.1. The van der Waals surface area contributed by atoms with Gasteiger partial charge in [0.05, 0.1) is 17.0 Å². The van der Waals surface area contributed by atoms with Crippen LogP contribution in [-0.4, -0.2) is 5.91 Å². The Labute approximate surface area is 136 Å². The first kappa shape index (κ1) is 14.0. The molecule has 0 saturated heterocycles. The van der Waals surface area contributed by atoms with Gasteiger partial charge in [0.2, 0.25) is 5.76 Å². The van der Waals surface area contributed by atoms with E-state index >= 15 is 0 Å². The molecule has 0 spiro atoms. The van der Waals surface area contributed by atoms with Crippen molar-refractivity contribution >= 4 is 28.5 Å². The standard InChI is InChI=1S/C18H12ClNO3/c1-9-2-4-10(5-3-9)15-14-16(21)12-8-11(19)6-7-13(12)23-17(14)18(22)20-15/h2-8,15H,1H3,(H,20,22). The van der Waals surface area contributed by atoms with Crippen LogP contribution in [0.2, 0.25) is 5.02 Å². The van der Waals surface area contributed by atoms with Crippen molar-refractivity contribution in [3.05, 3.63) is 80.2 Å². The highest BCUT2D eigenvalue weighted by atomic mass is 35.5. The Balaban J connectivity index is 1.99. The number of hydrogen-bond acceptors (Lipinski definition) is 3. The summed E-state index contributed by atoms with van der Waals surface area (Å²) >= 11 is 5.98. The molecule has 114 valence electrons. The van der Waals surface area contributed by atoms with Crippen LogP contribution in [0.5, 0.6) is 0 Å². The number of nitrogens with one attached hydrogen (secondary N) is 1. The van der Waals surface area contributed by atoms with Crippen LogP contribution in [0.1, 0.15) is 33.3 Å². The number of aryl methyl sites for hydroxylation is 1. The van der Waals surface area contributed by atoms with Crippen molar-refractivity contribution in [2.75, 3.05) is 0 Å². The maximum Gasteiger partial charge on any atom is 0.288 e. The lowest BCUT2D eigenvalue weighted by Gasteiger charge is -2.11. The molecule has 0 bridgehead atoms. The molecule has 1 aromatic heterocycles. The van der Waals surface area contributed by atoms with E-state index in [1.54, 1.807) is 18.2 Å². The van der Waals surface area contributed by atoms with Gasteiger partial charge in [-0.15, -0.1) is 0 Å². The molecule has 1 atom stereocenters. The molecule has 2 aromatic carbocycles. The van der Waals surface area contributed by atoms with Crippen molar-refractivity contribution in [2.45, 2.75) is 13.0 Å². The number of carbonyl (C=O) groups is 1. The van der Waals surface area contributed by atoms with E-state index < -0.39 is 6.04 Å². The predicted octanol–water partition coefficient (Wildman–Crippen LogP) is 3.59. The molecule has 1 unspecified atom stereocenters. The first-order valence-corrected chi connectivity index (χ1v) is 7.56. The van der Waals surface area contributed by atoms with Gasteiger partial charge in [-0.2, -0.15) is 0 Å². The van der Waals surface area contributed by atoms with Gasteiger partial charge < -0.3 is 9.73 Å². The van der Waals surface area contributed by atoms with Crippen LogP contribution in [0.4, 0.5) is 0 Å². The Morgan fingerprint density at radius 1 is 1.09 bits per heavy atom. The van der Waals surface area contributed by atoms with E-state index in [9.17, 15) is 9.59 Å². The van der Waals surface area contributed by atoms with Crippen molar-refractivity contribution in [1.82, 2.24) is 5.32 Å². The molecular weight excluding hydrogens is 314 g/mol. The van der Waals surface area contributed by atoms with Gasteiger partial charge in [-0.05, 0) is 30.7 Å². The number of fused-ring (bicyclic) bond motifs is 2. The van der Waals surface area contributed by atoms with Crippen LogP contribution < -0.4 is 10.7 Å². The Bertz CT molecular complexity index is 1010. The highest BCUT2D eigenvalue weighted by molar-refractivity contribution is 6.31. The van der Waals surface area contributed by atoms with Crippen molar-refractivity contribution in [3.8, 4) is 0 Å². The van der Waals surface area contributed by atoms with E-state index in [2.05, 4.69) is 5.32 Å². The van der Waals surface area contributed by atoms with E-state index in [-0.39, 0.29) is 17.1 Å². The summed E-state index contributed by atoms with van der Waals surface area (Å²) in [6, 6.07) is 12.0. The van der Waals surface area contributed by atoms with Crippen LogP contribution in [-0.2, 0) is 0 Å². The molecule has 3 aromatic rings. The molecule has 2 heterocycles.